The van der Waals surface area contributed by atoms with Crippen LogP contribution in [0.3, 0.4) is 0 Å². The summed E-state index contributed by atoms with van der Waals surface area (Å²) >= 11 is 0. The molecule has 1 saturated carbocycles. The molecule has 2 aliphatic rings. The lowest BCUT2D eigenvalue weighted by Gasteiger charge is -2.28. The monoisotopic (exact) mass is 314 g/mol. The average Bonchev–Trinajstić information content (AvgIpc) is 3.13. The molecular formula is C18H26N4O. The van der Waals surface area contributed by atoms with Crippen LogP contribution in [0.2, 0.25) is 0 Å². The van der Waals surface area contributed by atoms with Crippen LogP contribution < -0.4 is 5.32 Å². The standard InChI is InChI=1S/C18H26N4O/c1-17(2,3)14-11-22-10-13(6-7-15(22)21-14)20-16(23)18(12-19)8-4-5-9-18/h11,13H,4-10H2,1-3H3,(H,20,23)/t13-/m1/s1. The molecule has 1 aliphatic carbocycles. The summed E-state index contributed by atoms with van der Waals surface area (Å²) in [5.41, 5.74) is 0.354. The molecule has 5 heteroatoms. The Morgan fingerprint density at radius 3 is 2.74 bits per heavy atom. The number of carbonyl (C=O) groups is 1. The number of aromatic nitrogens is 2. The first-order chi connectivity index (χ1) is 10.8. The minimum atomic E-state index is -0.786. The smallest absolute Gasteiger partial charge is 0.240 e. The first-order valence-corrected chi connectivity index (χ1v) is 8.63. The number of amides is 1. The van der Waals surface area contributed by atoms with Crippen molar-refractivity contribution in [3.05, 3.63) is 17.7 Å². The number of hydrogen-bond donors (Lipinski definition) is 1. The van der Waals surface area contributed by atoms with E-state index >= 15 is 0 Å². The van der Waals surface area contributed by atoms with Crippen molar-refractivity contribution < 1.29 is 4.79 Å². The number of nitriles is 1. The second-order valence-electron chi connectivity index (χ2n) is 8.05. The van der Waals surface area contributed by atoms with Crippen LogP contribution >= 0.6 is 0 Å². The molecule has 1 N–H and O–H groups in total. The molecule has 1 aromatic rings. The molecule has 0 spiro atoms. The SMILES string of the molecule is CC(C)(C)c1cn2c(n1)CC[C@@H](NC(=O)C1(C#N)CCCC1)C2. The third-order valence-corrected chi connectivity index (χ3v) is 5.20. The number of rotatable bonds is 2. The van der Waals surface area contributed by atoms with Gasteiger partial charge >= 0.3 is 0 Å². The maximum absolute atomic E-state index is 12.6. The van der Waals surface area contributed by atoms with Gasteiger partial charge in [-0.25, -0.2) is 4.98 Å². The fourth-order valence-electron chi connectivity index (χ4n) is 3.61. The molecule has 0 radical (unpaired) electrons. The van der Waals surface area contributed by atoms with Gasteiger partial charge < -0.3 is 9.88 Å². The van der Waals surface area contributed by atoms with E-state index in [2.05, 4.69) is 42.9 Å². The van der Waals surface area contributed by atoms with E-state index in [9.17, 15) is 10.1 Å². The van der Waals surface area contributed by atoms with Gasteiger partial charge in [0.1, 0.15) is 11.2 Å². The molecule has 0 bridgehead atoms. The van der Waals surface area contributed by atoms with Gasteiger partial charge in [0.05, 0.1) is 11.8 Å². The Balaban J connectivity index is 1.69. The van der Waals surface area contributed by atoms with Crippen LogP contribution in [0.4, 0.5) is 0 Å². The molecular weight excluding hydrogens is 288 g/mol. The van der Waals surface area contributed by atoms with Crippen LogP contribution in [-0.2, 0) is 23.2 Å². The van der Waals surface area contributed by atoms with E-state index in [1.165, 1.54) is 0 Å². The minimum absolute atomic E-state index is 0.0395. The highest BCUT2D eigenvalue weighted by Gasteiger charge is 2.42. The number of aryl methyl sites for hydroxylation is 1. The molecule has 5 nitrogen and oxygen atoms in total. The summed E-state index contributed by atoms with van der Waals surface area (Å²) in [5.74, 6) is 1.04. The molecule has 1 aliphatic heterocycles. The number of fused-ring (bicyclic) bond motifs is 1. The molecule has 2 heterocycles. The Bertz CT molecular complexity index is 641. The van der Waals surface area contributed by atoms with Crippen LogP contribution in [0.1, 0.15) is 64.4 Å². The van der Waals surface area contributed by atoms with E-state index < -0.39 is 5.41 Å². The van der Waals surface area contributed by atoms with Crippen molar-refractivity contribution in [2.24, 2.45) is 5.41 Å². The molecule has 1 atom stereocenters. The van der Waals surface area contributed by atoms with Gasteiger partial charge in [-0.2, -0.15) is 5.26 Å². The van der Waals surface area contributed by atoms with Gasteiger partial charge in [-0.3, -0.25) is 4.79 Å². The molecule has 0 aromatic carbocycles. The van der Waals surface area contributed by atoms with Gasteiger partial charge in [0, 0.05) is 30.6 Å². The second-order valence-corrected chi connectivity index (χ2v) is 8.05. The average molecular weight is 314 g/mol. The summed E-state index contributed by atoms with van der Waals surface area (Å²) in [6.07, 6.45) is 7.25. The first-order valence-electron chi connectivity index (χ1n) is 8.63. The van der Waals surface area contributed by atoms with Crippen molar-refractivity contribution in [2.75, 3.05) is 0 Å². The molecule has 124 valence electrons. The molecule has 1 fully saturated rings. The van der Waals surface area contributed by atoms with E-state index in [-0.39, 0.29) is 17.4 Å². The molecule has 0 saturated heterocycles. The normalized spacial score (nSPS) is 23.1. The second kappa shape index (κ2) is 5.67. The Labute approximate surface area is 138 Å². The highest BCUT2D eigenvalue weighted by atomic mass is 16.2. The minimum Gasteiger partial charge on any atom is -0.350 e. The third kappa shape index (κ3) is 2.99. The van der Waals surface area contributed by atoms with Crippen LogP contribution in [0.15, 0.2) is 6.20 Å². The van der Waals surface area contributed by atoms with Crippen molar-refractivity contribution >= 4 is 5.91 Å². The summed E-state index contributed by atoms with van der Waals surface area (Å²) < 4.78 is 2.17. The summed E-state index contributed by atoms with van der Waals surface area (Å²) in [5, 5.41) is 12.6. The molecule has 1 aromatic heterocycles. The van der Waals surface area contributed by atoms with Crippen molar-refractivity contribution in [1.29, 1.82) is 5.26 Å². The Morgan fingerprint density at radius 1 is 1.43 bits per heavy atom. The first kappa shape index (κ1) is 16.0. The number of hydrogen-bond acceptors (Lipinski definition) is 3. The summed E-state index contributed by atoms with van der Waals surface area (Å²) in [6.45, 7) is 7.25. The lowest BCUT2D eigenvalue weighted by atomic mass is 9.86. The summed E-state index contributed by atoms with van der Waals surface area (Å²) in [7, 11) is 0. The fraction of sp³-hybridized carbons (Fsp3) is 0.722. The van der Waals surface area contributed by atoms with Gasteiger partial charge in [-0.15, -0.1) is 0 Å². The number of nitrogens with zero attached hydrogens (tertiary/aromatic N) is 3. The third-order valence-electron chi connectivity index (χ3n) is 5.20. The zero-order chi connectivity index (χ0) is 16.7. The van der Waals surface area contributed by atoms with E-state index in [1.807, 2.05) is 0 Å². The largest absolute Gasteiger partial charge is 0.350 e. The van der Waals surface area contributed by atoms with Crippen molar-refractivity contribution in [3.8, 4) is 6.07 Å². The highest BCUT2D eigenvalue weighted by molar-refractivity contribution is 5.86. The van der Waals surface area contributed by atoms with Crippen LogP contribution in [0.5, 0.6) is 0 Å². The number of carbonyl (C=O) groups excluding carboxylic acids is 1. The van der Waals surface area contributed by atoms with Crippen molar-refractivity contribution in [3.63, 3.8) is 0 Å². The highest BCUT2D eigenvalue weighted by Crippen LogP contribution is 2.38. The molecule has 0 unspecified atom stereocenters. The van der Waals surface area contributed by atoms with Crippen LogP contribution in [0, 0.1) is 16.7 Å². The van der Waals surface area contributed by atoms with Crippen molar-refractivity contribution in [1.82, 2.24) is 14.9 Å². The van der Waals surface area contributed by atoms with Crippen molar-refractivity contribution in [2.45, 2.75) is 77.3 Å². The van der Waals surface area contributed by atoms with E-state index in [4.69, 9.17) is 4.98 Å². The Hall–Kier alpha value is -1.83. The predicted molar refractivity (Wildman–Crippen MR) is 87.7 cm³/mol. The number of nitrogens with one attached hydrogen (secondary N) is 1. The van der Waals surface area contributed by atoms with E-state index in [1.54, 1.807) is 0 Å². The molecule has 23 heavy (non-hydrogen) atoms. The molecule has 3 rings (SSSR count). The lowest BCUT2D eigenvalue weighted by Crippen LogP contribution is -2.47. The quantitative estimate of drug-likeness (QED) is 0.912. The van der Waals surface area contributed by atoms with Gasteiger partial charge in [0.15, 0.2) is 0 Å². The molecule has 1 amide bonds. The predicted octanol–water partition coefficient (Wildman–Crippen LogP) is 2.70. The summed E-state index contributed by atoms with van der Waals surface area (Å²) in [6, 6.07) is 2.38. The lowest BCUT2D eigenvalue weighted by molar-refractivity contribution is -0.128. The number of imidazole rings is 1. The maximum atomic E-state index is 12.6. The topological polar surface area (TPSA) is 70.7 Å². The maximum Gasteiger partial charge on any atom is 0.240 e. The van der Waals surface area contributed by atoms with Gasteiger partial charge in [0.25, 0.3) is 0 Å². The van der Waals surface area contributed by atoms with Gasteiger partial charge in [0.2, 0.25) is 5.91 Å². The summed E-state index contributed by atoms with van der Waals surface area (Å²) in [4.78, 5) is 17.3. The zero-order valence-corrected chi connectivity index (χ0v) is 14.4. The fourth-order valence-corrected chi connectivity index (χ4v) is 3.61. The van der Waals surface area contributed by atoms with Crippen LogP contribution in [0.25, 0.3) is 0 Å². The van der Waals surface area contributed by atoms with Crippen LogP contribution in [-0.4, -0.2) is 21.5 Å². The van der Waals surface area contributed by atoms with E-state index in [0.717, 1.165) is 43.7 Å². The van der Waals surface area contributed by atoms with E-state index in [0.29, 0.717) is 12.8 Å². The zero-order valence-electron chi connectivity index (χ0n) is 14.4. The van der Waals surface area contributed by atoms with Gasteiger partial charge in [-0.05, 0) is 19.3 Å². The Kier molecular flexibility index (Phi) is 3.95. The Morgan fingerprint density at radius 2 is 2.13 bits per heavy atom. The van der Waals surface area contributed by atoms with Gasteiger partial charge in [-0.1, -0.05) is 33.6 Å².